The third kappa shape index (κ3) is 8.58. The molecule has 11 nitrogen and oxygen atoms in total. The standard InChI is InChI=1S/C33H46N4O7S2/c1-19(38)34-25(26(39)40)21-14-10-15-22-24(21)23(18-33(22,20-12-8-9-13-20)27-45-16-11-17-46-27)35-28(36-29(41)43-31(2,3)4)37-30(42)44-32(5,6)7/h10,14-15,18,20,25,27H,8-9,11-13,16-17H2,1-7H3,(H,34,38)(H,39,40)(H2,35,36,37,41,42). The number of amides is 3. The molecule has 1 aromatic carbocycles. The number of hydrogen-bond donors (Lipinski definition) is 4. The molecular formula is C33H46N4O7S2. The molecule has 1 heterocycles. The number of benzene rings is 1. The lowest BCUT2D eigenvalue weighted by Crippen LogP contribution is -2.44. The van der Waals surface area contributed by atoms with E-state index in [1.54, 1.807) is 47.6 Å². The predicted octanol–water partition coefficient (Wildman–Crippen LogP) is 6.33. The average molecular weight is 675 g/mol. The third-order valence-electron chi connectivity index (χ3n) is 7.84. The van der Waals surface area contributed by atoms with Crippen molar-refractivity contribution in [3.05, 3.63) is 41.0 Å². The molecule has 1 saturated heterocycles. The highest BCUT2D eigenvalue weighted by molar-refractivity contribution is 8.17. The lowest BCUT2D eigenvalue weighted by atomic mass is 9.71. The Morgan fingerprint density at radius 1 is 0.978 bits per heavy atom. The van der Waals surface area contributed by atoms with Gasteiger partial charge in [-0.2, -0.15) is 0 Å². The van der Waals surface area contributed by atoms with Gasteiger partial charge in [-0.25, -0.2) is 14.4 Å². The fourth-order valence-corrected chi connectivity index (χ4v) is 9.84. The van der Waals surface area contributed by atoms with E-state index in [1.807, 2.05) is 35.7 Å². The van der Waals surface area contributed by atoms with Crippen molar-refractivity contribution in [2.24, 2.45) is 10.9 Å². The fourth-order valence-electron chi connectivity index (χ4n) is 6.32. The zero-order chi connectivity index (χ0) is 33.9. The van der Waals surface area contributed by atoms with Crippen molar-refractivity contribution in [1.29, 1.82) is 0 Å². The quantitative estimate of drug-likeness (QED) is 0.199. The first-order valence-electron chi connectivity index (χ1n) is 15.7. The maximum atomic E-state index is 13.0. The highest BCUT2D eigenvalue weighted by Gasteiger charge is 2.52. The van der Waals surface area contributed by atoms with Gasteiger partial charge in [-0.05, 0) is 95.4 Å². The molecule has 3 amide bonds. The van der Waals surface area contributed by atoms with Crippen LogP contribution in [-0.4, -0.2) is 62.4 Å². The van der Waals surface area contributed by atoms with Gasteiger partial charge >= 0.3 is 18.2 Å². The van der Waals surface area contributed by atoms with Crippen molar-refractivity contribution in [2.75, 3.05) is 11.5 Å². The lowest BCUT2D eigenvalue weighted by molar-refractivity contribution is -0.141. The largest absolute Gasteiger partial charge is 0.479 e. The summed E-state index contributed by atoms with van der Waals surface area (Å²) in [5.41, 5.74) is 0.277. The molecule has 2 unspecified atom stereocenters. The van der Waals surface area contributed by atoms with Crippen LogP contribution < -0.4 is 16.0 Å². The number of thioether (sulfide) groups is 2. The maximum Gasteiger partial charge on any atom is 0.437 e. The van der Waals surface area contributed by atoms with Gasteiger partial charge in [-0.15, -0.1) is 28.5 Å². The molecule has 46 heavy (non-hydrogen) atoms. The summed E-state index contributed by atoms with van der Waals surface area (Å²) in [6, 6.07) is 4.24. The molecule has 2 fully saturated rings. The number of aliphatic imine (C=N–C) groups is 1. The topological polar surface area (TPSA) is 155 Å². The Morgan fingerprint density at radius 3 is 2.17 bits per heavy atom. The molecule has 1 saturated carbocycles. The molecule has 1 aromatic rings. The number of alkyl carbamates (subject to hydrolysis) is 1. The van der Waals surface area contributed by atoms with Crippen molar-refractivity contribution in [2.45, 2.75) is 108 Å². The molecule has 13 heteroatoms. The summed E-state index contributed by atoms with van der Waals surface area (Å²) in [6.45, 7) is 11.6. The summed E-state index contributed by atoms with van der Waals surface area (Å²) in [5.74, 6) is 0.365. The molecule has 3 aliphatic rings. The molecule has 4 rings (SSSR count). The average Bonchev–Trinajstić information content (AvgIpc) is 3.57. The van der Waals surface area contributed by atoms with Crippen molar-refractivity contribution < 1.29 is 33.8 Å². The molecule has 0 aromatic heterocycles. The summed E-state index contributed by atoms with van der Waals surface area (Å²) >= 11 is 3.81. The van der Waals surface area contributed by atoms with Crippen molar-refractivity contribution in [1.82, 2.24) is 16.0 Å². The number of carbonyl (C=O) groups excluding carboxylic acids is 3. The van der Waals surface area contributed by atoms with Gasteiger partial charge in [0.1, 0.15) is 11.2 Å². The van der Waals surface area contributed by atoms with Crippen LogP contribution in [0.15, 0.2) is 29.3 Å². The van der Waals surface area contributed by atoms with Gasteiger partial charge < -0.3 is 25.2 Å². The number of hydrogen-bond acceptors (Lipinski definition) is 8. The highest BCUT2D eigenvalue weighted by atomic mass is 32.2. The monoisotopic (exact) mass is 674 g/mol. The van der Waals surface area contributed by atoms with E-state index in [4.69, 9.17) is 9.47 Å². The van der Waals surface area contributed by atoms with Gasteiger partial charge in [0.2, 0.25) is 11.9 Å². The summed E-state index contributed by atoms with van der Waals surface area (Å²) in [5, 5.41) is 18.6. The van der Waals surface area contributed by atoms with Gasteiger partial charge in [-0.3, -0.25) is 10.1 Å². The zero-order valence-corrected chi connectivity index (χ0v) is 29.3. The van der Waals surface area contributed by atoms with Gasteiger partial charge in [-0.1, -0.05) is 31.0 Å². The number of fused-ring (bicyclic) bond motifs is 1. The minimum Gasteiger partial charge on any atom is -0.479 e. The summed E-state index contributed by atoms with van der Waals surface area (Å²) in [6.07, 6.45) is 5.68. The van der Waals surface area contributed by atoms with Crippen LogP contribution in [-0.2, 0) is 24.5 Å². The Hall–Kier alpha value is -3.19. The minimum absolute atomic E-state index is 0.145. The van der Waals surface area contributed by atoms with E-state index in [0.717, 1.165) is 49.2 Å². The molecule has 0 bridgehead atoms. The van der Waals surface area contributed by atoms with E-state index in [2.05, 4.69) is 27.0 Å². The van der Waals surface area contributed by atoms with Crippen LogP contribution in [0.2, 0.25) is 0 Å². The van der Waals surface area contributed by atoms with Crippen LogP contribution in [0.5, 0.6) is 0 Å². The smallest absolute Gasteiger partial charge is 0.437 e. The van der Waals surface area contributed by atoms with Gasteiger partial charge in [0.05, 0.1) is 4.58 Å². The fraction of sp³-hybridized carbons (Fsp3) is 0.606. The van der Waals surface area contributed by atoms with Crippen LogP contribution in [0.1, 0.15) is 103 Å². The summed E-state index contributed by atoms with van der Waals surface area (Å²) < 4.78 is 11.0. The van der Waals surface area contributed by atoms with Crippen LogP contribution in [0.4, 0.5) is 9.59 Å². The SMILES string of the molecule is CC(=O)NC(C(=O)O)c1cccc2c1C(NC(=NC(=O)OC(C)(C)C)NC(=O)OC(C)(C)C)=CC2(C1CCCC1)C1SCCCS1. The Balaban J connectivity index is 1.92. The van der Waals surface area contributed by atoms with E-state index in [9.17, 15) is 24.3 Å². The van der Waals surface area contributed by atoms with Crippen LogP contribution in [0, 0.1) is 5.92 Å². The van der Waals surface area contributed by atoms with E-state index in [0.29, 0.717) is 16.8 Å². The number of ether oxygens (including phenoxy) is 2. The molecule has 0 radical (unpaired) electrons. The third-order valence-corrected chi connectivity index (χ3v) is 11.1. The number of nitrogens with one attached hydrogen (secondary N) is 3. The zero-order valence-electron chi connectivity index (χ0n) is 27.7. The first-order chi connectivity index (χ1) is 21.5. The van der Waals surface area contributed by atoms with Crippen LogP contribution >= 0.6 is 23.5 Å². The Morgan fingerprint density at radius 2 is 1.61 bits per heavy atom. The summed E-state index contributed by atoms with van der Waals surface area (Å²) in [7, 11) is 0. The van der Waals surface area contributed by atoms with E-state index in [1.165, 1.54) is 6.92 Å². The number of rotatable bonds is 6. The van der Waals surface area contributed by atoms with Gasteiger partial charge in [0, 0.05) is 23.6 Å². The Bertz CT molecular complexity index is 1400. The van der Waals surface area contributed by atoms with Crippen LogP contribution in [0.3, 0.4) is 0 Å². The van der Waals surface area contributed by atoms with E-state index >= 15 is 0 Å². The molecular weight excluding hydrogens is 629 g/mol. The molecule has 2 atom stereocenters. The first kappa shape index (κ1) is 35.7. The van der Waals surface area contributed by atoms with E-state index in [-0.39, 0.29) is 16.5 Å². The number of carbonyl (C=O) groups is 4. The van der Waals surface area contributed by atoms with Crippen molar-refractivity contribution >= 4 is 59.2 Å². The second-order valence-corrected chi connectivity index (χ2v) is 16.6. The Labute approximate surface area is 279 Å². The Kier molecular flexibility index (Phi) is 11.1. The lowest BCUT2D eigenvalue weighted by Gasteiger charge is -2.43. The highest BCUT2D eigenvalue weighted by Crippen LogP contribution is 2.59. The van der Waals surface area contributed by atoms with Gasteiger partial charge in [0.25, 0.3) is 0 Å². The molecule has 252 valence electrons. The van der Waals surface area contributed by atoms with Crippen LogP contribution in [0.25, 0.3) is 5.70 Å². The van der Waals surface area contributed by atoms with E-state index < -0.39 is 46.7 Å². The molecule has 0 spiro atoms. The van der Waals surface area contributed by atoms with Crippen molar-refractivity contribution in [3.8, 4) is 0 Å². The van der Waals surface area contributed by atoms with Crippen molar-refractivity contribution in [3.63, 3.8) is 0 Å². The molecule has 4 N–H and O–H groups in total. The number of aliphatic carboxylic acids is 1. The predicted molar refractivity (Wildman–Crippen MR) is 182 cm³/mol. The number of nitrogens with zero attached hydrogens (tertiary/aromatic N) is 1. The molecule has 1 aliphatic heterocycles. The first-order valence-corrected chi connectivity index (χ1v) is 17.8. The maximum absolute atomic E-state index is 13.0. The second-order valence-electron chi connectivity index (χ2n) is 13.8. The number of carboxylic acids is 1. The number of carboxylic acid groups (broad SMARTS) is 1. The van der Waals surface area contributed by atoms with Gasteiger partial charge in [0.15, 0.2) is 6.04 Å². The summed E-state index contributed by atoms with van der Waals surface area (Å²) in [4.78, 5) is 54.8. The molecule has 2 aliphatic carbocycles. The minimum atomic E-state index is -1.34. The normalized spacial score (nSPS) is 21.5. The number of allylic oxidation sites excluding steroid dienone is 1. The number of guanidine groups is 1. The second kappa shape index (κ2) is 14.3.